The Morgan fingerprint density at radius 3 is 2.39 bits per heavy atom. The number of ether oxygens (including phenoxy) is 2. The van der Waals surface area contributed by atoms with Gasteiger partial charge in [-0.05, 0) is 42.8 Å². The number of nitrogens with one attached hydrogen (secondary N) is 1. The van der Waals surface area contributed by atoms with Crippen LogP contribution in [0.5, 0.6) is 0 Å². The molecule has 2 aromatic carbocycles. The fourth-order valence-electron chi connectivity index (χ4n) is 3.02. The van der Waals surface area contributed by atoms with Crippen molar-refractivity contribution in [2.45, 2.75) is 12.3 Å². The highest BCUT2D eigenvalue weighted by Crippen LogP contribution is 2.28. The van der Waals surface area contributed by atoms with E-state index in [0.29, 0.717) is 22.2 Å². The smallest absolute Gasteiger partial charge is 0.338 e. The van der Waals surface area contributed by atoms with Crippen molar-refractivity contribution < 1.29 is 18.7 Å². The summed E-state index contributed by atoms with van der Waals surface area (Å²) < 4.78 is 24.2. The number of benzene rings is 2. The van der Waals surface area contributed by atoms with Crippen molar-refractivity contribution >= 4 is 22.7 Å². The van der Waals surface area contributed by atoms with Crippen molar-refractivity contribution in [2.75, 3.05) is 20.3 Å². The highest BCUT2D eigenvalue weighted by molar-refractivity contribution is 5.95. The van der Waals surface area contributed by atoms with E-state index in [2.05, 4.69) is 9.97 Å². The van der Waals surface area contributed by atoms with Gasteiger partial charge in [-0.25, -0.2) is 9.18 Å². The number of nitrogens with zero attached hydrogens (tertiary/aromatic N) is 2. The van der Waals surface area contributed by atoms with Gasteiger partial charge in [0.2, 0.25) is 0 Å². The third kappa shape index (κ3) is 3.89. The average molecular weight is 381 g/mol. The quantitative estimate of drug-likeness (QED) is 0.500. The summed E-state index contributed by atoms with van der Waals surface area (Å²) in [5.74, 6) is -0.927. The van der Waals surface area contributed by atoms with Crippen LogP contribution in [0.2, 0.25) is 0 Å². The number of aromatic nitrogens is 2. The lowest BCUT2D eigenvalue weighted by Gasteiger charge is -2.32. The molecule has 0 radical (unpaired) electrons. The van der Waals surface area contributed by atoms with Crippen molar-refractivity contribution in [3.8, 4) is 0 Å². The summed E-state index contributed by atoms with van der Waals surface area (Å²) in [4.78, 5) is 21.0. The summed E-state index contributed by atoms with van der Waals surface area (Å²) in [7, 11) is 1.50. The molecule has 0 bridgehead atoms. The molecule has 6 nitrogen and oxygen atoms in total. The summed E-state index contributed by atoms with van der Waals surface area (Å²) in [5, 5.41) is 8.27. The summed E-state index contributed by atoms with van der Waals surface area (Å²) in [6.45, 7) is 1.62. The molecular formula is C21H20FN3O3. The number of rotatable bonds is 7. The summed E-state index contributed by atoms with van der Waals surface area (Å²) in [6.07, 6.45) is 3.13. The summed E-state index contributed by atoms with van der Waals surface area (Å²) in [6, 6.07) is 10.7. The predicted octanol–water partition coefficient (Wildman–Crippen LogP) is 3.55. The Morgan fingerprint density at radius 1 is 1.07 bits per heavy atom. The molecule has 7 heteroatoms. The second kappa shape index (κ2) is 8.22. The predicted molar refractivity (Wildman–Crippen MR) is 103 cm³/mol. The molecule has 0 aliphatic rings. The van der Waals surface area contributed by atoms with Crippen LogP contribution in [0.25, 0.3) is 11.0 Å². The molecule has 0 amide bonds. The zero-order valence-electron chi connectivity index (χ0n) is 15.6. The molecule has 0 saturated heterocycles. The van der Waals surface area contributed by atoms with Crippen LogP contribution < -0.4 is 0 Å². The van der Waals surface area contributed by atoms with Gasteiger partial charge in [-0.2, -0.15) is 0 Å². The number of hydrogen-bond donors (Lipinski definition) is 1. The minimum absolute atomic E-state index is 0.112. The molecule has 1 N–H and O–H groups in total. The maximum Gasteiger partial charge on any atom is 0.338 e. The first-order chi connectivity index (χ1) is 13.5. The lowest BCUT2D eigenvalue weighted by molar-refractivity contribution is 0.0368. The van der Waals surface area contributed by atoms with Gasteiger partial charge in [-0.15, -0.1) is 0 Å². The van der Waals surface area contributed by atoms with Crippen LogP contribution in [0, 0.1) is 11.2 Å². The van der Waals surface area contributed by atoms with E-state index in [4.69, 9.17) is 14.9 Å². The number of methoxy groups -OCH3 is 1. The van der Waals surface area contributed by atoms with Crippen LogP contribution in [0.4, 0.5) is 4.39 Å². The van der Waals surface area contributed by atoms with E-state index in [9.17, 15) is 9.18 Å². The van der Waals surface area contributed by atoms with E-state index >= 15 is 0 Å². The third-order valence-electron chi connectivity index (χ3n) is 4.66. The van der Waals surface area contributed by atoms with Crippen LogP contribution in [-0.4, -0.2) is 42.0 Å². The van der Waals surface area contributed by atoms with E-state index in [-0.39, 0.29) is 24.7 Å². The molecule has 0 aliphatic heterocycles. The van der Waals surface area contributed by atoms with Crippen LogP contribution in [-0.2, 0) is 14.9 Å². The number of carbonyl (C=O) groups excluding carboxylic acids is 1. The van der Waals surface area contributed by atoms with Gasteiger partial charge >= 0.3 is 5.97 Å². The molecule has 0 aliphatic carbocycles. The standard InChI is InChI=1S/C21H20FN3O3/c1-14(23)21(12-27-2,16-4-6-17(22)7-5-16)13-28-20(26)15-3-8-18-19(11-15)25-10-9-24-18/h3-11,23H,12-13H2,1-2H3/t21-/m0/s1. The van der Waals surface area contributed by atoms with Crippen molar-refractivity contribution in [2.24, 2.45) is 0 Å². The maximum absolute atomic E-state index is 13.3. The molecule has 1 aromatic heterocycles. The first-order valence-corrected chi connectivity index (χ1v) is 8.65. The fraction of sp³-hybridized carbons (Fsp3) is 0.238. The van der Waals surface area contributed by atoms with Gasteiger partial charge in [-0.1, -0.05) is 12.1 Å². The molecule has 1 heterocycles. The zero-order chi connectivity index (χ0) is 20.1. The highest BCUT2D eigenvalue weighted by Gasteiger charge is 2.37. The number of fused-ring (bicyclic) bond motifs is 1. The summed E-state index contributed by atoms with van der Waals surface area (Å²) in [5.41, 5.74) is 1.48. The molecule has 1 atom stereocenters. The second-order valence-corrected chi connectivity index (χ2v) is 6.48. The van der Waals surface area contributed by atoms with Gasteiger partial charge < -0.3 is 14.9 Å². The van der Waals surface area contributed by atoms with E-state index in [1.807, 2.05) is 0 Å². The Morgan fingerprint density at radius 2 is 1.75 bits per heavy atom. The first kappa shape index (κ1) is 19.6. The average Bonchev–Trinajstić information content (AvgIpc) is 2.71. The van der Waals surface area contributed by atoms with Crippen molar-refractivity contribution in [3.63, 3.8) is 0 Å². The highest BCUT2D eigenvalue weighted by atomic mass is 19.1. The summed E-state index contributed by atoms with van der Waals surface area (Å²) >= 11 is 0. The van der Waals surface area contributed by atoms with E-state index in [1.54, 1.807) is 49.6 Å². The molecule has 3 rings (SSSR count). The van der Waals surface area contributed by atoms with Gasteiger partial charge in [0.1, 0.15) is 12.4 Å². The van der Waals surface area contributed by atoms with Gasteiger partial charge in [0.25, 0.3) is 0 Å². The molecule has 28 heavy (non-hydrogen) atoms. The number of hydrogen-bond acceptors (Lipinski definition) is 6. The molecule has 3 aromatic rings. The number of halogens is 1. The van der Waals surface area contributed by atoms with E-state index in [1.165, 1.54) is 19.2 Å². The molecule has 144 valence electrons. The van der Waals surface area contributed by atoms with Crippen molar-refractivity contribution in [3.05, 3.63) is 71.8 Å². The Hall–Kier alpha value is -3.19. The lowest BCUT2D eigenvalue weighted by Crippen LogP contribution is -2.43. The third-order valence-corrected chi connectivity index (χ3v) is 4.66. The number of esters is 1. The Labute approximate surface area is 161 Å². The first-order valence-electron chi connectivity index (χ1n) is 8.65. The Kier molecular flexibility index (Phi) is 5.75. The van der Waals surface area contributed by atoms with Gasteiger partial charge in [0.05, 0.1) is 28.6 Å². The SMILES string of the molecule is COC[C@](COC(=O)c1ccc2nccnc2c1)(C(C)=N)c1ccc(F)cc1. The van der Waals surface area contributed by atoms with Crippen LogP contribution in [0.3, 0.4) is 0 Å². The Balaban J connectivity index is 1.86. The van der Waals surface area contributed by atoms with Gasteiger partial charge in [0.15, 0.2) is 0 Å². The minimum atomic E-state index is -1.01. The maximum atomic E-state index is 13.3. The van der Waals surface area contributed by atoms with Crippen LogP contribution in [0.15, 0.2) is 54.9 Å². The zero-order valence-corrected chi connectivity index (χ0v) is 15.6. The molecule has 0 spiro atoms. The van der Waals surface area contributed by atoms with Crippen molar-refractivity contribution in [1.29, 1.82) is 5.41 Å². The largest absolute Gasteiger partial charge is 0.461 e. The van der Waals surface area contributed by atoms with Crippen LogP contribution >= 0.6 is 0 Å². The van der Waals surface area contributed by atoms with E-state index in [0.717, 1.165) is 0 Å². The number of carbonyl (C=O) groups is 1. The van der Waals surface area contributed by atoms with Crippen molar-refractivity contribution in [1.82, 2.24) is 9.97 Å². The lowest BCUT2D eigenvalue weighted by atomic mass is 9.78. The second-order valence-electron chi connectivity index (χ2n) is 6.48. The van der Waals surface area contributed by atoms with Gasteiger partial charge in [-0.3, -0.25) is 9.97 Å². The monoisotopic (exact) mass is 381 g/mol. The van der Waals surface area contributed by atoms with Gasteiger partial charge in [0, 0.05) is 25.2 Å². The molecular weight excluding hydrogens is 361 g/mol. The normalized spacial score (nSPS) is 13.1. The topological polar surface area (TPSA) is 85.2 Å². The fourth-order valence-corrected chi connectivity index (χ4v) is 3.02. The minimum Gasteiger partial charge on any atom is -0.461 e. The van der Waals surface area contributed by atoms with E-state index < -0.39 is 11.4 Å². The van der Waals surface area contributed by atoms with Crippen LogP contribution in [0.1, 0.15) is 22.8 Å². The molecule has 0 unspecified atom stereocenters. The molecule has 0 saturated carbocycles. The Bertz CT molecular complexity index is 1010. The molecule has 0 fully saturated rings.